The summed E-state index contributed by atoms with van der Waals surface area (Å²) < 4.78 is 41.9. The summed E-state index contributed by atoms with van der Waals surface area (Å²) in [5.41, 5.74) is 1.03. The second-order valence-electron chi connectivity index (χ2n) is 22.9. The first-order chi connectivity index (χ1) is 33.2. The van der Waals surface area contributed by atoms with Crippen LogP contribution in [-0.4, -0.2) is 116 Å². The fourth-order valence-electron chi connectivity index (χ4n) is 13.3. The lowest BCUT2D eigenvalue weighted by molar-refractivity contribution is -0.0851. The van der Waals surface area contributed by atoms with E-state index >= 15 is 0 Å². The number of ether oxygens (including phenoxy) is 7. The molecule has 8 heteroatoms. The fourth-order valence-corrected chi connectivity index (χ4v) is 13.3. The Balaban J connectivity index is 0.959. The molecule has 1 aliphatic heterocycles. The van der Waals surface area contributed by atoms with Gasteiger partial charge in [-0.2, -0.15) is 0 Å². The predicted molar refractivity (Wildman–Crippen MR) is 285 cm³/mol. The molecule has 0 N–H and O–H groups in total. The summed E-state index contributed by atoms with van der Waals surface area (Å²) in [5, 5.41) is 0. The zero-order valence-electron chi connectivity index (χ0n) is 45.8. The number of hydrogen-bond acceptors (Lipinski definition) is 8. The Labute approximate surface area is 420 Å². The molecule has 4 aliphatic rings. The topological polar surface area (TPSA) is 67.9 Å². The predicted octanol–water partition coefficient (Wildman–Crippen LogP) is 14.5. The molecule has 3 aliphatic carbocycles. The average Bonchev–Trinajstić information content (AvgIpc) is 3.70. The largest absolute Gasteiger partial charge is 0.379 e. The van der Waals surface area contributed by atoms with Crippen LogP contribution in [0.15, 0.2) is 24.3 Å². The van der Waals surface area contributed by atoms with Crippen LogP contribution < -0.4 is 0 Å². The summed E-state index contributed by atoms with van der Waals surface area (Å²) in [6.45, 7) is 28.0. The van der Waals surface area contributed by atoms with E-state index < -0.39 is 0 Å². The van der Waals surface area contributed by atoms with Gasteiger partial charge in [-0.25, -0.2) is 0 Å². The van der Waals surface area contributed by atoms with Gasteiger partial charge in [-0.05, 0) is 136 Å². The van der Waals surface area contributed by atoms with Gasteiger partial charge in [0.05, 0.1) is 84.9 Å². The van der Waals surface area contributed by atoms with E-state index in [1.165, 1.54) is 141 Å². The van der Waals surface area contributed by atoms with Gasteiger partial charge in [0.15, 0.2) is 0 Å². The maximum absolute atomic E-state index is 6.39. The molecule has 1 saturated heterocycles. The van der Waals surface area contributed by atoms with Crippen molar-refractivity contribution in [3.63, 3.8) is 0 Å². The number of nitrogens with zero attached hydrogens (tertiary/aromatic N) is 1. The molecule has 1 unspecified atom stereocenters. The zero-order chi connectivity index (χ0) is 48.6. The Morgan fingerprint density at radius 3 is 1.90 bits per heavy atom. The minimum Gasteiger partial charge on any atom is -0.379 e. The highest BCUT2D eigenvalue weighted by Gasteiger charge is 2.57. The number of allylic oxidation sites excluding steroid dienone is 4. The summed E-state index contributed by atoms with van der Waals surface area (Å²) >= 11 is 0. The van der Waals surface area contributed by atoms with Crippen molar-refractivity contribution < 1.29 is 33.2 Å². The van der Waals surface area contributed by atoms with Gasteiger partial charge in [-0.3, -0.25) is 4.90 Å². The van der Waals surface area contributed by atoms with Crippen molar-refractivity contribution in [3.8, 4) is 0 Å². The molecular weight excluding hydrogens is 847 g/mol. The van der Waals surface area contributed by atoms with Crippen molar-refractivity contribution in [1.29, 1.82) is 0 Å². The van der Waals surface area contributed by atoms with E-state index in [-0.39, 0.29) is 6.10 Å². The van der Waals surface area contributed by atoms with Crippen molar-refractivity contribution >= 4 is 0 Å². The van der Waals surface area contributed by atoms with Crippen LogP contribution in [0.3, 0.4) is 0 Å². The molecule has 4 fully saturated rings. The first kappa shape index (κ1) is 59.7. The molecule has 0 aromatic carbocycles. The Morgan fingerprint density at radius 1 is 0.603 bits per heavy atom. The van der Waals surface area contributed by atoms with Crippen LogP contribution >= 0.6 is 0 Å². The van der Waals surface area contributed by atoms with Crippen LogP contribution in [0, 0.1) is 46.3 Å². The lowest BCUT2D eigenvalue weighted by Gasteiger charge is -2.56. The number of rotatable bonds is 40. The standard InChI is InChI=1S/C60H111NO7/c1-8-10-11-12-13-14-15-16-17-18-19-20-21-22-23-24-38-66-50-54(49-61-36-39-62-40-37-61)68-48-46-65-44-42-63-41-43-64-45-47-67-53-30-33-59(6,34-31-53)57-32-35-60(7)56(28-29-58(60)55(57)9-2)52(5)27-25-26-51(3)4/h13-14,16-17,51-58H,8-12,15,18-50H2,1-7H3/t52-,53?,54?,55-,56-,57+,58+,59?,60-/m1/s1. The Hall–Kier alpha value is -0.840. The SMILES string of the molecule is CCCCCC=CCC=CCCCCCCCCOCC(CN1CCOCC1)OCCOCCOCCOCCOC1CCC(C)([C@H]2CC[C@]3(C)[C@@H]([C@H](C)CCCC(C)C)CC[C@H]3[C@@H]2CC)CC1. The number of morpholine rings is 1. The lowest BCUT2D eigenvalue weighted by atomic mass is 9.50. The molecule has 1 heterocycles. The monoisotopic (exact) mass is 958 g/mol. The summed E-state index contributed by atoms with van der Waals surface area (Å²) in [6, 6.07) is 0. The molecule has 398 valence electrons. The van der Waals surface area contributed by atoms with Gasteiger partial charge in [-0.1, -0.05) is 137 Å². The highest BCUT2D eigenvalue weighted by Crippen LogP contribution is 2.65. The van der Waals surface area contributed by atoms with Gasteiger partial charge >= 0.3 is 0 Å². The third kappa shape index (κ3) is 22.9. The van der Waals surface area contributed by atoms with E-state index in [1.807, 2.05) is 0 Å². The van der Waals surface area contributed by atoms with Crippen molar-refractivity contribution in [1.82, 2.24) is 4.90 Å². The van der Waals surface area contributed by atoms with Crippen molar-refractivity contribution in [3.05, 3.63) is 24.3 Å². The zero-order valence-corrected chi connectivity index (χ0v) is 45.8. The Morgan fingerprint density at radius 2 is 1.24 bits per heavy atom. The average molecular weight is 959 g/mol. The minimum atomic E-state index is 0.0438. The third-order valence-electron chi connectivity index (χ3n) is 17.3. The normalized spacial score (nSPS) is 28.0. The molecule has 0 spiro atoms. The first-order valence-electron chi connectivity index (χ1n) is 29.3. The van der Waals surface area contributed by atoms with Crippen LogP contribution in [-0.2, 0) is 33.2 Å². The summed E-state index contributed by atoms with van der Waals surface area (Å²) in [5.74, 6) is 5.36. The molecule has 0 radical (unpaired) electrons. The minimum absolute atomic E-state index is 0.0438. The van der Waals surface area contributed by atoms with Gasteiger partial charge < -0.3 is 33.2 Å². The van der Waals surface area contributed by atoms with Crippen molar-refractivity contribution in [2.24, 2.45) is 46.3 Å². The summed E-state index contributed by atoms with van der Waals surface area (Å²) in [7, 11) is 0. The Bertz CT molecular complexity index is 1260. The molecule has 0 amide bonds. The fraction of sp³-hybridized carbons (Fsp3) is 0.933. The van der Waals surface area contributed by atoms with Gasteiger partial charge in [0.1, 0.15) is 0 Å². The number of hydrogen-bond donors (Lipinski definition) is 0. The van der Waals surface area contributed by atoms with Crippen LogP contribution in [0.5, 0.6) is 0 Å². The lowest BCUT2D eigenvalue weighted by Crippen LogP contribution is -2.48. The van der Waals surface area contributed by atoms with Gasteiger partial charge in [-0.15, -0.1) is 0 Å². The maximum atomic E-state index is 6.39. The molecule has 68 heavy (non-hydrogen) atoms. The van der Waals surface area contributed by atoms with Crippen molar-refractivity contribution in [2.45, 2.75) is 215 Å². The molecule has 3 saturated carbocycles. The maximum Gasteiger partial charge on any atom is 0.0936 e. The van der Waals surface area contributed by atoms with Crippen LogP contribution in [0.2, 0.25) is 0 Å². The van der Waals surface area contributed by atoms with E-state index in [0.717, 1.165) is 87.8 Å². The smallest absolute Gasteiger partial charge is 0.0936 e. The molecule has 4 rings (SSSR count). The van der Waals surface area contributed by atoms with Crippen LogP contribution in [0.4, 0.5) is 0 Å². The molecule has 0 aromatic rings. The molecule has 7 atom stereocenters. The Kier molecular flexibility index (Phi) is 31.7. The number of fused-ring (bicyclic) bond motifs is 1. The van der Waals surface area contributed by atoms with Gasteiger partial charge in [0.2, 0.25) is 0 Å². The highest BCUT2D eigenvalue weighted by molar-refractivity contribution is 5.06. The molecular formula is C60H111NO7. The van der Waals surface area contributed by atoms with Crippen molar-refractivity contribution in [2.75, 3.05) is 98.9 Å². The summed E-state index contributed by atoms with van der Waals surface area (Å²) in [6.07, 6.45) is 41.4. The molecule has 0 aromatic heterocycles. The van der Waals surface area contributed by atoms with E-state index in [4.69, 9.17) is 33.2 Å². The van der Waals surface area contributed by atoms with Crippen LogP contribution in [0.25, 0.3) is 0 Å². The highest BCUT2D eigenvalue weighted by atomic mass is 16.6. The van der Waals surface area contributed by atoms with Gasteiger partial charge in [0.25, 0.3) is 0 Å². The molecule has 8 nitrogen and oxygen atoms in total. The number of unbranched alkanes of at least 4 members (excludes halogenated alkanes) is 9. The first-order valence-corrected chi connectivity index (χ1v) is 29.3. The van der Waals surface area contributed by atoms with E-state index in [9.17, 15) is 0 Å². The summed E-state index contributed by atoms with van der Waals surface area (Å²) in [4.78, 5) is 2.43. The second kappa shape index (κ2) is 36.1. The quantitative estimate of drug-likeness (QED) is 0.0444. The molecule has 0 bridgehead atoms. The van der Waals surface area contributed by atoms with E-state index in [0.29, 0.717) is 76.4 Å². The van der Waals surface area contributed by atoms with E-state index in [2.05, 4.69) is 77.7 Å². The third-order valence-corrected chi connectivity index (χ3v) is 17.3. The van der Waals surface area contributed by atoms with Gasteiger partial charge in [0, 0.05) is 26.2 Å². The van der Waals surface area contributed by atoms with E-state index in [1.54, 1.807) is 0 Å². The van der Waals surface area contributed by atoms with Crippen LogP contribution in [0.1, 0.15) is 203 Å². The second-order valence-corrected chi connectivity index (χ2v) is 22.9.